The fourth-order valence-electron chi connectivity index (χ4n) is 1.86. The van der Waals surface area contributed by atoms with Crippen molar-refractivity contribution in [3.8, 4) is 5.75 Å². The quantitative estimate of drug-likeness (QED) is 0.780. The van der Waals surface area contributed by atoms with Crippen LogP contribution in [0.1, 0.15) is 44.6 Å². The van der Waals surface area contributed by atoms with E-state index in [9.17, 15) is 0 Å². The van der Waals surface area contributed by atoms with Crippen molar-refractivity contribution in [1.29, 1.82) is 0 Å². The van der Waals surface area contributed by atoms with Crippen molar-refractivity contribution >= 4 is 0 Å². The molecule has 1 aromatic carbocycles. The molecule has 0 aromatic heterocycles. The van der Waals surface area contributed by atoms with E-state index in [0.29, 0.717) is 5.92 Å². The first-order valence-corrected chi connectivity index (χ1v) is 6.75. The Hall–Kier alpha value is -1.02. The van der Waals surface area contributed by atoms with Crippen molar-refractivity contribution in [2.75, 3.05) is 13.2 Å². The highest BCUT2D eigenvalue weighted by Crippen LogP contribution is 2.22. The van der Waals surface area contributed by atoms with Crippen LogP contribution in [0.2, 0.25) is 0 Å². The summed E-state index contributed by atoms with van der Waals surface area (Å²) in [5.74, 6) is 1.56. The van der Waals surface area contributed by atoms with Crippen LogP contribution in [0.4, 0.5) is 0 Å². The average Bonchev–Trinajstić information content (AvgIpc) is 3.18. The molecule has 1 N–H and O–H groups in total. The van der Waals surface area contributed by atoms with Gasteiger partial charge in [0.05, 0.1) is 6.61 Å². The molecule has 1 aliphatic carbocycles. The van der Waals surface area contributed by atoms with Gasteiger partial charge in [-0.25, -0.2) is 0 Å². The number of ether oxygens (including phenoxy) is 1. The normalized spacial score (nSPS) is 16.8. The zero-order valence-corrected chi connectivity index (χ0v) is 10.9. The van der Waals surface area contributed by atoms with Gasteiger partial charge in [0.15, 0.2) is 0 Å². The Labute approximate surface area is 104 Å². The van der Waals surface area contributed by atoms with Gasteiger partial charge in [-0.3, -0.25) is 0 Å². The summed E-state index contributed by atoms with van der Waals surface area (Å²) in [6, 6.07) is 9.33. The highest BCUT2D eigenvalue weighted by atomic mass is 16.5. The Bertz CT molecular complexity index is 329. The Morgan fingerprint density at radius 1 is 1.29 bits per heavy atom. The highest BCUT2D eigenvalue weighted by molar-refractivity contribution is 5.29. The predicted molar refractivity (Wildman–Crippen MR) is 71.7 cm³/mol. The lowest BCUT2D eigenvalue weighted by atomic mass is 10.0. The van der Waals surface area contributed by atoms with Crippen LogP contribution in [0.5, 0.6) is 5.75 Å². The van der Waals surface area contributed by atoms with Crippen molar-refractivity contribution in [2.24, 2.45) is 0 Å². The number of nitrogens with one attached hydrogen (secondary N) is 1. The average molecular weight is 233 g/mol. The number of hydrogen-bond acceptors (Lipinski definition) is 2. The Morgan fingerprint density at radius 2 is 2.00 bits per heavy atom. The van der Waals surface area contributed by atoms with E-state index < -0.39 is 0 Å². The molecule has 2 rings (SSSR count). The van der Waals surface area contributed by atoms with Gasteiger partial charge in [0, 0.05) is 12.6 Å². The topological polar surface area (TPSA) is 21.3 Å². The van der Waals surface area contributed by atoms with Gasteiger partial charge >= 0.3 is 0 Å². The summed E-state index contributed by atoms with van der Waals surface area (Å²) in [5, 5.41) is 3.57. The second-order valence-electron chi connectivity index (χ2n) is 5.00. The molecular formula is C15H23NO. The van der Waals surface area contributed by atoms with Gasteiger partial charge in [-0.1, -0.05) is 26.0 Å². The molecule has 0 bridgehead atoms. The molecule has 2 nitrogen and oxygen atoms in total. The molecule has 0 aliphatic heterocycles. The van der Waals surface area contributed by atoms with Crippen molar-refractivity contribution < 1.29 is 4.74 Å². The Morgan fingerprint density at radius 3 is 2.59 bits per heavy atom. The van der Waals surface area contributed by atoms with E-state index in [4.69, 9.17) is 4.74 Å². The molecule has 2 heteroatoms. The SMILES string of the molecule is CCCOc1ccc(C(C)CNC2CC2)cc1. The lowest BCUT2D eigenvalue weighted by Crippen LogP contribution is -2.21. The summed E-state index contributed by atoms with van der Waals surface area (Å²) < 4.78 is 5.58. The minimum absolute atomic E-state index is 0.579. The summed E-state index contributed by atoms with van der Waals surface area (Å²) in [5.41, 5.74) is 1.39. The van der Waals surface area contributed by atoms with Crippen LogP contribution < -0.4 is 10.1 Å². The summed E-state index contributed by atoms with van der Waals surface area (Å²) in [6.07, 6.45) is 3.77. The summed E-state index contributed by atoms with van der Waals surface area (Å²) >= 11 is 0. The third kappa shape index (κ3) is 4.04. The van der Waals surface area contributed by atoms with Gasteiger partial charge in [-0.15, -0.1) is 0 Å². The van der Waals surface area contributed by atoms with E-state index in [1.807, 2.05) is 0 Å². The zero-order valence-electron chi connectivity index (χ0n) is 10.9. The molecule has 0 saturated heterocycles. The van der Waals surface area contributed by atoms with E-state index >= 15 is 0 Å². The van der Waals surface area contributed by atoms with E-state index in [2.05, 4.69) is 43.4 Å². The fourth-order valence-corrected chi connectivity index (χ4v) is 1.86. The van der Waals surface area contributed by atoms with Crippen LogP contribution >= 0.6 is 0 Å². The minimum atomic E-state index is 0.579. The molecule has 1 aromatic rings. The monoisotopic (exact) mass is 233 g/mol. The van der Waals surface area contributed by atoms with E-state index in [0.717, 1.165) is 31.4 Å². The number of rotatable bonds is 7. The second kappa shape index (κ2) is 6.06. The second-order valence-corrected chi connectivity index (χ2v) is 5.00. The summed E-state index contributed by atoms with van der Waals surface area (Å²) in [6.45, 7) is 6.29. The first-order chi connectivity index (χ1) is 8.29. The van der Waals surface area contributed by atoms with Crippen molar-refractivity contribution in [2.45, 2.75) is 45.1 Å². The van der Waals surface area contributed by atoms with Crippen LogP contribution in [0.15, 0.2) is 24.3 Å². The van der Waals surface area contributed by atoms with Gasteiger partial charge < -0.3 is 10.1 Å². The maximum absolute atomic E-state index is 5.58. The molecule has 17 heavy (non-hydrogen) atoms. The number of hydrogen-bond donors (Lipinski definition) is 1. The lowest BCUT2D eigenvalue weighted by Gasteiger charge is -2.13. The van der Waals surface area contributed by atoms with Gasteiger partial charge in [0.2, 0.25) is 0 Å². The van der Waals surface area contributed by atoms with Crippen LogP contribution in [0.25, 0.3) is 0 Å². The van der Waals surface area contributed by atoms with Crippen LogP contribution in [0, 0.1) is 0 Å². The summed E-state index contributed by atoms with van der Waals surface area (Å²) in [7, 11) is 0. The van der Waals surface area contributed by atoms with E-state index in [1.54, 1.807) is 0 Å². The largest absolute Gasteiger partial charge is 0.494 e. The molecule has 0 spiro atoms. The minimum Gasteiger partial charge on any atom is -0.494 e. The molecule has 94 valence electrons. The van der Waals surface area contributed by atoms with Gasteiger partial charge in [-0.05, 0) is 42.9 Å². The molecule has 1 unspecified atom stereocenters. The van der Waals surface area contributed by atoms with Crippen molar-refractivity contribution in [1.82, 2.24) is 5.32 Å². The first-order valence-electron chi connectivity index (χ1n) is 6.75. The predicted octanol–water partition coefficient (Wildman–Crippen LogP) is 3.33. The molecule has 0 amide bonds. The third-order valence-electron chi connectivity index (χ3n) is 3.21. The van der Waals surface area contributed by atoms with Crippen molar-refractivity contribution in [3.05, 3.63) is 29.8 Å². The van der Waals surface area contributed by atoms with E-state index in [1.165, 1.54) is 18.4 Å². The van der Waals surface area contributed by atoms with Gasteiger partial charge in [-0.2, -0.15) is 0 Å². The van der Waals surface area contributed by atoms with Gasteiger partial charge in [0.1, 0.15) is 5.75 Å². The van der Waals surface area contributed by atoms with Crippen LogP contribution in [0.3, 0.4) is 0 Å². The molecule has 1 aliphatic rings. The molecule has 1 atom stereocenters. The lowest BCUT2D eigenvalue weighted by molar-refractivity contribution is 0.317. The Kier molecular flexibility index (Phi) is 4.43. The molecule has 1 fully saturated rings. The molecule has 0 radical (unpaired) electrons. The van der Waals surface area contributed by atoms with Gasteiger partial charge in [0.25, 0.3) is 0 Å². The van der Waals surface area contributed by atoms with E-state index in [-0.39, 0.29) is 0 Å². The maximum atomic E-state index is 5.58. The summed E-state index contributed by atoms with van der Waals surface area (Å²) in [4.78, 5) is 0. The van der Waals surface area contributed by atoms with Crippen LogP contribution in [-0.2, 0) is 0 Å². The highest BCUT2D eigenvalue weighted by Gasteiger charge is 2.21. The maximum Gasteiger partial charge on any atom is 0.119 e. The zero-order chi connectivity index (χ0) is 12.1. The van der Waals surface area contributed by atoms with Crippen LogP contribution in [-0.4, -0.2) is 19.2 Å². The first kappa shape index (κ1) is 12.4. The molecule has 1 saturated carbocycles. The van der Waals surface area contributed by atoms with Crippen molar-refractivity contribution in [3.63, 3.8) is 0 Å². The fraction of sp³-hybridized carbons (Fsp3) is 0.600. The number of benzene rings is 1. The Balaban J connectivity index is 1.82. The molecular weight excluding hydrogens is 210 g/mol. The third-order valence-corrected chi connectivity index (χ3v) is 3.21. The molecule has 0 heterocycles. The standard InChI is InChI=1S/C15H23NO/c1-3-10-17-15-8-4-13(5-9-15)12(2)11-16-14-6-7-14/h4-5,8-9,12,14,16H,3,6-7,10-11H2,1-2H3. The smallest absolute Gasteiger partial charge is 0.119 e.